The Morgan fingerprint density at radius 3 is 1.94 bits per heavy atom. The van der Waals surface area contributed by atoms with Crippen LogP contribution in [0.4, 0.5) is 5.69 Å². The highest BCUT2D eigenvalue weighted by Crippen LogP contribution is 2.43. The molecule has 0 aliphatic rings. The summed E-state index contributed by atoms with van der Waals surface area (Å²) < 4.78 is 6.69. The molecule has 0 aliphatic carbocycles. The smallest absolute Gasteiger partial charge is 0.253 e. The van der Waals surface area contributed by atoms with E-state index in [1.807, 2.05) is 63.2 Å². The summed E-state index contributed by atoms with van der Waals surface area (Å²) in [5.41, 5.74) is 2.75. The van der Waals surface area contributed by atoms with Gasteiger partial charge in [0.1, 0.15) is 0 Å². The van der Waals surface area contributed by atoms with Crippen LogP contribution in [0, 0.1) is 0 Å². The van der Waals surface area contributed by atoms with Crippen molar-refractivity contribution in [2.45, 2.75) is 32.8 Å². The number of hydrogen-bond donors (Lipinski definition) is 1. The maximum atomic E-state index is 13.5. The molecule has 0 saturated carbocycles. The Hall–Kier alpha value is -4.21. The molecule has 0 aromatic heterocycles. The standard InChI is InChI=1S/C38H41Cl2N3O4Si/c1-38(2,3)34-31(39)23-28(25-47-48(29-13-9-7-10-14-29)30-15-11-8-12-16-30)36(35(34)40)43(6)33(45)24-41-32(44)22-19-26-17-20-27(21-18-26)37(46)42(4)5/h7-23,48H,24-25H2,1-6H3,(H,41,44). The van der Waals surface area contributed by atoms with Gasteiger partial charge >= 0.3 is 0 Å². The molecular weight excluding hydrogens is 661 g/mol. The summed E-state index contributed by atoms with van der Waals surface area (Å²) in [6.07, 6.45) is 2.97. The molecule has 0 aliphatic heterocycles. The minimum absolute atomic E-state index is 0.106. The van der Waals surface area contributed by atoms with E-state index in [1.54, 1.807) is 51.5 Å². The molecule has 4 rings (SSSR count). The first-order valence-corrected chi connectivity index (χ1v) is 17.9. The first-order chi connectivity index (χ1) is 22.8. The van der Waals surface area contributed by atoms with Crippen LogP contribution in [0.2, 0.25) is 10.0 Å². The minimum atomic E-state index is -2.12. The number of carbonyl (C=O) groups excluding carboxylic acids is 3. The maximum absolute atomic E-state index is 13.5. The van der Waals surface area contributed by atoms with Gasteiger partial charge in [-0.1, -0.05) is 117 Å². The molecule has 0 spiro atoms. The summed E-state index contributed by atoms with van der Waals surface area (Å²) in [7, 11) is 2.89. The third-order valence-electron chi connectivity index (χ3n) is 7.75. The summed E-state index contributed by atoms with van der Waals surface area (Å²) in [6.45, 7) is 5.94. The number of carbonyl (C=O) groups is 3. The van der Waals surface area contributed by atoms with Gasteiger partial charge in [0.25, 0.3) is 5.91 Å². The van der Waals surface area contributed by atoms with Crippen LogP contribution in [0.15, 0.2) is 97.1 Å². The van der Waals surface area contributed by atoms with Crippen LogP contribution in [-0.2, 0) is 26.0 Å². The lowest BCUT2D eigenvalue weighted by Gasteiger charge is -2.29. The molecule has 4 aromatic rings. The van der Waals surface area contributed by atoms with Crippen molar-refractivity contribution in [2.75, 3.05) is 32.6 Å². The Balaban J connectivity index is 1.54. The molecule has 250 valence electrons. The lowest BCUT2D eigenvalue weighted by Crippen LogP contribution is -2.45. The molecule has 0 heterocycles. The van der Waals surface area contributed by atoms with Crippen LogP contribution < -0.4 is 20.6 Å². The molecule has 7 nitrogen and oxygen atoms in total. The molecule has 0 bridgehead atoms. The zero-order valence-corrected chi connectivity index (χ0v) is 30.8. The molecule has 0 fully saturated rings. The van der Waals surface area contributed by atoms with Crippen molar-refractivity contribution >= 4 is 72.1 Å². The van der Waals surface area contributed by atoms with E-state index in [2.05, 4.69) is 29.6 Å². The Morgan fingerprint density at radius 2 is 1.42 bits per heavy atom. The molecule has 3 amide bonds. The first-order valence-electron chi connectivity index (χ1n) is 15.5. The van der Waals surface area contributed by atoms with Gasteiger partial charge in [-0.2, -0.15) is 0 Å². The topological polar surface area (TPSA) is 79.0 Å². The molecule has 0 radical (unpaired) electrons. The van der Waals surface area contributed by atoms with Crippen LogP contribution in [0.1, 0.15) is 47.8 Å². The summed E-state index contributed by atoms with van der Waals surface area (Å²) in [4.78, 5) is 41.3. The Bertz CT molecular complexity index is 1730. The molecular formula is C38H41Cl2N3O4Si. The van der Waals surface area contributed by atoms with Crippen molar-refractivity contribution in [1.82, 2.24) is 10.2 Å². The van der Waals surface area contributed by atoms with Gasteiger partial charge < -0.3 is 19.5 Å². The number of rotatable bonds is 11. The third kappa shape index (κ3) is 9.23. The number of amides is 3. The van der Waals surface area contributed by atoms with Crippen LogP contribution in [-0.4, -0.2) is 59.3 Å². The molecule has 48 heavy (non-hydrogen) atoms. The van der Waals surface area contributed by atoms with Crippen LogP contribution in [0.3, 0.4) is 0 Å². The third-order valence-corrected chi connectivity index (χ3v) is 10.9. The predicted molar refractivity (Wildman–Crippen MR) is 199 cm³/mol. The fourth-order valence-electron chi connectivity index (χ4n) is 5.26. The second kappa shape index (κ2) is 16.3. The van der Waals surface area contributed by atoms with Crippen molar-refractivity contribution in [3.8, 4) is 0 Å². The molecule has 1 N–H and O–H groups in total. The second-order valence-electron chi connectivity index (χ2n) is 12.6. The van der Waals surface area contributed by atoms with E-state index in [1.165, 1.54) is 15.9 Å². The minimum Gasteiger partial charge on any atom is -0.407 e. The number of halogens is 2. The van der Waals surface area contributed by atoms with Gasteiger partial charge in [0.2, 0.25) is 20.9 Å². The fraction of sp³-hybridized carbons (Fsp3) is 0.237. The highest BCUT2D eigenvalue weighted by atomic mass is 35.5. The molecule has 0 saturated heterocycles. The van der Waals surface area contributed by atoms with Crippen LogP contribution in [0.25, 0.3) is 6.08 Å². The average molecular weight is 703 g/mol. The highest BCUT2D eigenvalue weighted by molar-refractivity contribution is 6.80. The van der Waals surface area contributed by atoms with Gasteiger partial charge in [-0.15, -0.1) is 0 Å². The Morgan fingerprint density at radius 1 is 0.854 bits per heavy atom. The maximum Gasteiger partial charge on any atom is 0.253 e. The molecule has 4 aromatic carbocycles. The lowest BCUT2D eigenvalue weighted by molar-refractivity contribution is -0.122. The normalized spacial score (nSPS) is 11.5. The average Bonchev–Trinajstić information content (AvgIpc) is 3.06. The lowest BCUT2D eigenvalue weighted by atomic mass is 9.85. The number of nitrogens with one attached hydrogen (secondary N) is 1. The zero-order valence-electron chi connectivity index (χ0n) is 28.1. The molecule has 10 heteroatoms. The number of nitrogens with zero attached hydrogens (tertiary/aromatic N) is 2. The van der Waals surface area contributed by atoms with Crippen LogP contribution in [0.5, 0.6) is 0 Å². The Kier molecular flexibility index (Phi) is 12.4. The summed E-state index contributed by atoms with van der Waals surface area (Å²) >= 11 is 13.9. The summed E-state index contributed by atoms with van der Waals surface area (Å²) in [5, 5.41) is 5.76. The monoisotopic (exact) mass is 701 g/mol. The van der Waals surface area contributed by atoms with E-state index in [9.17, 15) is 14.4 Å². The van der Waals surface area contributed by atoms with E-state index in [0.29, 0.717) is 26.9 Å². The Labute approximate surface area is 294 Å². The summed E-state index contributed by atoms with van der Waals surface area (Å²) in [6, 6.07) is 29.0. The van der Waals surface area contributed by atoms with Crippen molar-refractivity contribution < 1.29 is 18.8 Å². The predicted octanol–water partition coefficient (Wildman–Crippen LogP) is 5.84. The zero-order chi connectivity index (χ0) is 35.0. The van der Waals surface area contributed by atoms with Crippen LogP contribution >= 0.6 is 23.2 Å². The van der Waals surface area contributed by atoms with Crippen molar-refractivity contribution in [2.24, 2.45) is 0 Å². The van der Waals surface area contributed by atoms with Gasteiger partial charge in [-0.3, -0.25) is 14.4 Å². The van der Waals surface area contributed by atoms with Crippen molar-refractivity contribution in [3.63, 3.8) is 0 Å². The van der Waals surface area contributed by atoms with E-state index in [0.717, 1.165) is 21.5 Å². The van der Waals surface area contributed by atoms with E-state index in [-0.39, 0.29) is 25.0 Å². The fourth-order valence-corrected chi connectivity index (χ4v) is 8.71. The van der Waals surface area contributed by atoms with E-state index >= 15 is 0 Å². The van der Waals surface area contributed by atoms with Gasteiger partial charge in [0, 0.05) is 43.4 Å². The quantitative estimate of drug-likeness (QED) is 0.158. The molecule has 0 atom stereocenters. The first kappa shape index (κ1) is 36.6. The number of hydrogen-bond acceptors (Lipinski definition) is 4. The molecule has 0 unspecified atom stereocenters. The van der Waals surface area contributed by atoms with E-state index in [4.69, 9.17) is 27.6 Å². The largest absolute Gasteiger partial charge is 0.407 e. The number of anilines is 1. The van der Waals surface area contributed by atoms with Crippen molar-refractivity contribution in [3.05, 3.63) is 129 Å². The number of benzene rings is 4. The van der Waals surface area contributed by atoms with Gasteiger partial charge in [-0.05, 0) is 51.2 Å². The van der Waals surface area contributed by atoms with Crippen molar-refractivity contribution in [1.29, 1.82) is 0 Å². The SMILES string of the molecule is CN(C)C(=O)c1ccc(C=CC(=O)NCC(=O)N(C)c2c(CO[SiH](c3ccccc3)c3ccccc3)cc(Cl)c(C(C)(C)C)c2Cl)cc1. The second-order valence-corrected chi connectivity index (χ2v) is 15.9. The number of likely N-dealkylation sites (N-methyl/N-ethyl adjacent to an activating group) is 1. The van der Waals surface area contributed by atoms with E-state index < -0.39 is 20.4 Å². The highest BCUT2D eigenvalue weighted by Gasteiger charge is 2.29. The van der Waals surface area contributed by atoms with Gasteiger partial charge in [0.15, 0.2) is 0 Å². The summed E-state index contributed by atoms with van der Waals surface area (Å²) in [5.74, 6) is -0.912. The van der Waals surface area contributed by atoms with Gasteiger partial charge in [-0.25, -0.2) is 0 Å². The van der Waals surface area contributed by atoms with Gasteiger partial charge in [0.05, 0.1) is 23.9 Å².